The number of aliphatic hydroxyl groups is 1. The maximum Gasteiger partial charge on any atom is 0.102 e. The number of aryl methyl sites for hydroxylation is 1. The second-order valence-corrected chi connectivity index (χ2v) is 5.04. The van der Waals surface area contributed by atoms with Crippen molar-refractivity contribution < 1.29 is 9.84 Å². The minimum atomic E-state index is -0.536. The van der Waals surface area contributed by atoms with Crippen molar-refractivity contribution in [1.82, 2.24) is 0 Å². The fourth-order valence-electron chi connectivity index (χ4n) is 1.45. The summed E-state index contributed by atoms with van der Waals surface area (Å²) in [4.78, 5) is 0. The first kappa shape index (κ1) is 13.2. The van der Waals surface area contributed by atoms with E-state index in [1.165, 1.54) is 5.56 Å². The topological polar surface area (TPSA) is 29.5 Å². The SMILES string of the molecule is CCc1cccc(C(O)COC(C)(C)C)c1. The van der Waals surface area contributed by atoms with Crippen LogP contribution in [-0.2, 0) is 11.2 Å². The highest BCUT2D eigenvalue weighted by Gasteiger charge is 2.14. The quantitative estimate of drug-likeness (QED) is 0.848. The van der Waals surface area contributed by atoms with Gasteiger partial charge < -0.3 is 9.84 Å². The molecule has 0 heterocycles. The molecule has 0 bridgehead atoms. The van der Waals surface area contributed by atoms with Crippen molar-refractivity contribution >= 4 is 0 Å². The van der Waals surface area contributed by atoms with E-state index in [0.717, 1.165) is 12.0 Å². The molecule has 1 atom stereocenters. The lowest BCUT2D eigenvalue weighted by Crippen LogP contribution is -2.22. The molecule has 0 saturated heterocycles. The van der Waals surface area contributed by atoms with E-state index < -0.39 is 6.10 Å². The van der Waals surface area contributed by atoms with Gasteiger partial charge in [0, 0.05) is 0 Å². The van der Waals surface area contributed by atoms with Crippen molar-refractivity contribution in [3.63, 3.8) is 0 Å². The lowest BCUT2D eigenvalue weighted by Gasteiger charge is -2.22. The molecule has 0 aliphatic rings. The number of hydrogen-bond donors (Lipinski definition) is 1. The third-order valence-corrected chi connectivity index (χ3v) is 2.42. The van der Waals surface area contributed by atoms with Gasteiger partial charge in [0.15, 0.2) is 0 Å². The normalized spacial score (nSPS) is 13.8. The van der Waals surface area contributed by atoms with Gasteiger partial charge in [-0.2, -0.15) is 0 Å². The van der Waals surface area contributed by atoms with Gasteiger partial charge in [-0.1, -0.05) is 31.2 Å². The molecule has 1 unspecified atom stereocenters. The Bertz CT molecular complexity index is 326. The number of ether oxygens (including phenoxy) is 1. The first-order chi connectivity index (χ1) is 7.42. The van der Waals surface area contributed by atoms with E-state index >= 15 is 0 Å². The second-order valence-electron chi connectivity index (χ2n) is 5.04. The van der Waals surface area contributed by atoms with Crippen molar-refractivity contribution in [2.24, 2.45) is 0 Å². The maximum atomic E-state index is 9.98. The van der Waals surface area contributed by atoms with Gasteiger partial charge in [0.2, 0.25) is 0 Å². The zero-order valence-electron chi connectivity index (χ0n) is 10.7. The highest BCUT2D eigenvalue weighted by Crippen LogP contribution is 2.18. The van der Waals surface area contributed by atoms with Crippen LogP contribution < -0.4 is 0 Å². The Morgan fingerprint density at radius 3 is 2.56 bits per heavy atom. The summed E-state index contributed by atoms with van der Waals surface area (Å²) in [5.41, 5.74) is 1.97. The van der Waals surface area contributed by atoms with Crippen molar-refractivity contribution in [1.29, 1.82) is 0 Å². The van der Waals surface area contributed by atoms with Crippen LogP contribution in [0.25, 0.3) is 0 Å². The summed E-state index contributed by atoms with van der Waals surface area (Å²) in [5.74, 6) is 0. The van der Waals surface area contributed by atoms with Crippen molar-refractivity contribution in [2.45, 2.75) is 45.8 Å². The molecule has 90 valence electrons. The van der Waals surface area contributed by atoms with Gasteiger partial charge in [-0.25, -0.2) is 0 Å². The van der Waals surface area contributed by atoms with E-state index in [1.54, 1.807) is 0 Å². The first-order valence-electron chi connectivity index (χ1n) is 5.83. The van der Waals surface area contributed by atoms with Crippen LogP contribution in [0.4, 0.5) is 0 Å². The third-order valence-electron chi connectivity index (χ3n) is 2.42. The average Bonchev–Trinajstić information content (AvgIpc) is 2.25. The van der Waals surface area contributed by atoms with Crippen LogP contribution in [0.3, 0.4) is 0 Å². The van der Waals surface area contributed by atoms with Crippen LogP contribution in [-0.4, -0.2) is 17.3 Å². The Hall–Kier alpha value is -0.860. The Balaban J connectivity index is 2.62. The minimum Gasteiger partial charge on any atom is -0.386 e. The van der Waals surface area contributed by atoms with Crippen molar-refractivity contribution in [3.05, 3.63) is 35.4 Å². The van der Waals surface area contributed by atoms with Crippen LogP contribution >= 0.6 is 0 Å². The highest BCUT2D eigenvalue weighted by molar-refractivity contribution is 5.25. The summed E-state index contributed by atoms with van der Waals surface area (Å²) >= 11 is 0. The molecule has 1 aromatic carbocycles. The Kier molecular flexibility index (Phi) is 4.51. The van der Waals surface area contributed by atoms with E-state index in [0.29, 0.717) is 6.61 Å². The molecule has 0 radical (unpaired) electrons. The van der Waals surface area contributed by atoms with Gasteiger partial charge in [0.1, 0.15) is 6.10 Å². The van der Waals surface area contributed by atoms with E-state index in [9.17, 15) is 5.11 Å². The summed E-state index contributed by atoms with van der Waals surface area (Å²) < 4.78 is 5.57. The van der Waals surface area contributed by atoms with Crippen LogP contribution in [0, 0.1) is 0 Å². The highest BCUT2D eigenvalue weighted by atomic mass is 16.5. The molecule has 0 spiro atoms. The standard InChI is InChI=1S/C14H22O2/c1-5-11-7-6-8-12(9-11)13(15)10-16-14(2,3)4/h6-9,13,15H,5,10H2,1-4H3. The Morgan fingerprint density at radius 2 is 2.00 bits per heavy atom. The number of aliphatic hydroxyl groups excluding tert-OH is 1. The number of benzene rings is 1. The third kappa shape index (κ3) is 4.33. The molecule has 0 fully saturated rings. The molecule has 0 aromatic heterocycles. The molecular formula is C14H22O2. The Morgan fingerprint density at radius 1 is 1.31 bits per heavy atom. The van der Waals surface area contributed by atoms with E-state index in [2.05, 4.69) is 13.0 Å². The zero-order valence-corrected chi connectivity index (χ0v) is 10.7. The largest absolute Gasteiger partial charge is 0.386 e. The minimum absolute atomic E-state index is 0.205. The van der Waals surface area contributed by atoms with E-state index in [4.69, 9.17) is 4.74 Å². The van der Waals surface area contributed by atoms with Gasteiger partial charge in [-0.15, -0.1) is 0 Å². The summed E-state index contributed by atoms with van der Waals surface area (Å²) in [7, 11) is 0. The predicted molar refractivity (Wildman–Crippen MR) is 66.5 cm³/mol. The monoisotopic (exact) mass is 222 g/mol. The van der Waals surface area contributed by atoms with E-state index in [-0.39, 0.29) is 5.60 Å². The van der Waals surface area contributed by atoms with Crippen LogP contribution in [0.1, 0.15) is 44.9 Å². The van der Waals surface area contributed by atoms with Gasteiger partial charge in [0.25, 0.3) is 0 Å². The molecule has 0 aliphatic heterocycles. The maximum absolute atomic E-state index is 9.98. The van der Waals surface area contributed by atoms with Gasteiger partial charge >= 0.3 is 0 Å². The number of rotatable bonds is 4. The summed E-state index contributed by atoms with van der Waals surface area (Å²) in [6.07, 6.45) is 0.450. The molecule has 0 amide bonds. The molecule has 1 N–H and O–H groups in total. The van der Waals surface area contributed by atoms with Gasteiger partial charge in [-0.05, 0) is 38.3 Å². The van der Waals surface area contributed by atoms with Crippen LogP contribution in [0.5, 0.6) is 0 Å². The number of hydrogen-bond acceptors (Lipinski definition) is 2. The fraction of sp³-hybridized carbons (Fsp3) is 0.571. The summed E-state index contributed by atoms with van der Waals surface area (Å²) in [6, 6.07) is 8.03. The molecule has 2 heteroatoms. The molecule has 16 heavy (non-hydrogen) atoms. The molecule has 1 rings (SSSR count). The van der Waals surface area contributed by atoms with Gasteiger partial charge in [0.05, 0.1) is 12.2 Å². The van der Waals surface area contributed by atoms with Crippen molar-refractivity contribution in [3.8, 4) is 0 Å². The summed E-state index contributed by atoms with van der Waals surface area (Å²) in [6.45, 7) is 8.42. The molecule has 1 aromatic rings. The average molecular weight is 222 g/mol. The fourth-order valence-corrected chi connectivity index (χ4v) is 1.45. The van der Waals surface area contributed by atoms with Gasteiger partial charge in [-0.3, -0.25) is 0 Å². The van der Waals surface area contributed by atoms with E-state index in [1.807, 2.05) is 39.0 Å². The molecule has 0 saturated carbocycles. The molecular weight excluding hydrogens is 200 g/mol. The molecule has 0 aliphatic carbocycles. The predicted octanol–water partition coefficient (Wildman–Crippen LogP) is 3.10. The lowest BCUT2D eigenvalue weighted by molar-refractivity contribution is -0.0496. The lowest BCUT2D eigenvalue weighted by atomic mass is 10.0. The molecule has 2 nitrogen and oxygen atoms in total. The Labute approximate surface area is 98.3 Å². The van der Waals surface area contributed by atoms with Crippen LogP contribution in [0.2, 0.25) is 0 Å². The first-order valence-corrected chi connectivity index (χ1v) is 5.83. The summed E-state index contributed by atoms with van der Waals surface area (Å²) in [5, 5.41) is 9.98. The second kappa shape index (κ2) is 5.46. The van der Waals surface area contributed by atoms with Crippen molar-refractivity contribution in [2.75, 3.05) is 6.61 Å². The smallest absolute Gasteiger partial charge is 0.102 e. The van der Waals surface area contributed by atoms with Crippen LogP contribution in [0.15, 0.2) is 24.3 Å². The zero-order chi connectivity index (χ0) is 12.2.